The fraction of sp³-hybridized carbons (Fsp3) is 0.435. The van der Waals surface area contributed by atoms with Crippen LogP contribution in [0.1, 0.15) is 47.5 Å². The Bertz CT molecular complexity index is 1160. The quantitative estimate of drug-likeness (QED) is 0.581. The van der Waals surface area contributed by atoms with Crippen molar-refractivity contribution in [2.75, 3.05) is 31.5 Å². The molecule has 3 amide bonds. The lowest BCUT2D eigenvalue weighted by molar-refractivity contribution is -0.120. The lowest BCUT2D eigenvalue weighted by Gasteiger charge is -2.30. The number of amides is 3. The molecule has 2 aromatic rings. The summed E-state index contributed by atoms with van der Waals surface area (Å²) >= 11 is 0. The Kier molecular flexibility index (Phi) is 7.78. The van der Waals surface area contributed by atoms with E-state index in [9.17, 15) is 22.8 Å². The van der Waals surface area contributed by atoms with E-state index in [1.807, 2.05) is 13.8 Å². The number of primary amides is 1. The highest BCUT2D eigenvalue weighted by molar-refractivity contribution is 7.89. The van der Waals surface area contributed by atoms with Gasteiger partial charge in [0.1, 0.15) is 10.6 Å². The largest absolute Gasteiger partial charge is 0.364 e. The number of hydrogen-bond donors (Lipinski definition) is 2. The third-order valence-electron chi connectivity index (χ3n) is 6.14. The van der Waals surface area contributed by atoms with Crippen molar-refractivity contribution >= 4 is 33.4 Å². The maximum Gasteiger partial charge on any atom is 0.265 e. The first-order valence-electron chi connectivity index (χ1n) is 11.2. The number of anilines is 1. The van der Waals surface area contributed by atoms with Crippen LogP contribution in [-0.2, 0) is 21.9 Å². The molecule has 0 aliphatic carbocycles. The predicted octanol–water partition coefficient (Wildman–Crippen LogP) is 1.65. The summed E-state index contributed by atoms with van der Waals surface area (Å²) < 4.78 is 28.6. The number of nitrogens with one attached hydrogen (secondary N) is 1. The van der Waals surface area contributed by atoms with Crippen molar-refractivity contribution in [3.05, 3.63) is 47.8 Å². The molecule has 1 fully saturated rings. The van der Waals surface area contributed by atoms with E-state index in [4.69, 9.17) is 5.73 Å². The summed E-state index contributed by atoms with van der Waals surface area (Å²) in [5.41, 5.74) is 6.53. The molecule has 0 spiro atoms. The molecule has 0 unspecified atom stereocenters. The Morgan fingerprint density at radius 3 is 2.18 bits per heavy atom. The van der Waals surface area contributed by atoms with E-state index in [-0.39, 0.29) is 41.4 Å². The van der Waals surface area contributed by atoms with Crippen LogP contribution in [0, 0.1) is 5.92 Å². The van der Waals surface area contributed by atoms with E-state index in [1.54, 1.807) is 36.2 Å². The fourth-order valence-electron chi connectivity index (χ4n) is 4.06. The van der Waals surface area contributed by atoms with Crippen LogP contribution in [0.5, 0.6) is 0 Å². The first-order valence-corrected chi connectivity index (χ1v) is 12.7. The highest BCUT2D eigenvalue weighted by Crippen LogP contribution is 2.26. The van der Waals surface area contributed by atoms with Crippen molar-refractivity contribution in [2.24, 2.45) is 18.7 Å². The molecule has 1 aliphatic heterocycles. The first kappa shape index (κ1) is 25.4. The summed E-state index contributed by atoms with van der Waals surface area (Å²) in [5, 5.41) is 2.86. The van der Waals surface area contributed by atoms with Gasteiger partial charge in [-0.15, -0.1) is 0 Å². The molecule has 1 aliphatic rings. The Labute approximate surface area is 199 Å². The van der Waals surface area contributed by atoms with Crippen molar-refractivity contribution in [2.45, 2.75) is 31.6 Å². The average molecular weight is 490 g/mol. The van der Waals surface area contributed by atoms with Gasteiger partial charge in [-0.2, -0.15) is 4.31 Å². The van der Waals surface area contributed by atoms with E-state index >= 15 is 0 Å². The minimum Gasteiger partial charge on any atom is -0.364 e. The molecule has 0 bridgehead atoms. The topological polar surface area (TPSA) is 135 Å². The molecule has 3 rings (SSSR count). The van der Waals surface area contributed by atoms with Crippen molar-refractivity contribution in [3.63, 3.8) is 0 Å². The number of sulfonamides is 1. The number of hydrogen-bond acceptors (Lipinski definition) is 5. The molecule has 11 heteroatoms. The van der Waals surface area contributed by atoms with Crippen LogP contribution < -0.4 is 11.1 Å². The maximum absolute atomic E-state index is 13.0. The molecule has 3 N–H and O–H groups in total. The van der Waals surface area contributed by atoms with Gasteiger partial charge in [0.25, 0.3) is 11.8 Å². The Morgan fingerprint density at radius 2 is 1.68 bits per heavy atom. The minimum atomic E-state index is -3.79. The lowest BCUT2D eigenvalue weighted by Crippen LogP contribution is -2.41. The number of nitrogens with two attached hydrogens (primary N) is 1. The van der Waals surface area contributed by atoms with Gasteiger partial charge in [0.15, 0.2) is 0 Å². The first-order chi connectivity index (χ1) is 16.1. The van der Waals surface area contributed by atoms with Crippen LogP contribution in [0.2, 0.25) is 0 Å². The third kappa shape index (κ3) is 5.31. The minimum absolute atomic E-state index is 0.00560. The van der Waals surface area contributed by atoms with Crippen LogP contribution in [-0.4, -0.2) is 66.1 Å². The highest BCUT2D eigenvalue weighted by Gasteiger charge is 2.33. The van der Waals surface area contributed by atoms with Gasteiger partial charge in [0.05, 0.1) is 0 Å². The van der Waals surface area contributed by atoms with Gasteiger partial charge in [0.2, 0.25) is 15.9 Å². The number of aromatic nitrogens is 1. The lowest BCUT2D eigenvalue weighted by atomic mass is 9.97. The smallest absolute Gasteiger partial charge is 0.265 e. The predicted molar refractivity (Wildman–Crippen MR) is 128 cm³/mol. The zero-order valence-electron chi connectivity index (χ0n) is 19.7. The van der Waals surface area contributed by atoms with E-state index in [1.165, 1.54) is 21.1 Å². The third-order valence-corrected chi connectivity index (χ3v) is 8.01. The van der Waals surface area contributed by atoms with Crippen LogP contribution in [0.25, 0.3) is 0 Å². The summed E-state index contributed by atoms with van der Waals surface area (Å²) in [7, 11) is -2.24. The van der Waals surface area contributed by atoms with Gasteiger partial charge in [-0.05, 0) is 57.0 Å². The second-order valence-corrected chi connectivity index (χ2v) is 10.2. The Morgan fingerprint density at radius 1 is 1.09 bits per heavy atom. The summed E-state index contributed by atoms with van der Waals surface area (Å²) in [6.07, 6.45) is 2.11. The number of benzene rings is 1. The number of rotatable bonds is 8. The van der Waals surface area contributed by atoms with Gasteiger partial charge >= 0.3 is 0 Å². The van der Waals surface area contributed by atoms with Crippen molar-refractivity contribution in [3.8, 4) is 0 Å². The molecule has 34 heavy (non-hydrogen) atoms. The number of aryl methyl sites for hydroxylation is 1. The zero-order chi connectivity index (χ0) is 25.0. The van der Waals surface area contributed by atoms with Crippen LogP contribution >= 0.6 is 0 Å². The second kappa shape index (κ2) is 10.4. The fourth-order valence-corrected chi connectivity index (χ4v) is 5.60. The van der Waals surface area contributed by atoms with Crippen molar-refractivity contribution in [1.82, 2.24) is 13.8 Å². The van der Waals surface area contributed by atoms with Gasteiger partial charge in [-0.25, -0.2) is 8.42 Å². The number of piperidine rings is 1. The Balaban J connectivity index is 1.59. The van der Waals surface area contributed by atoms with Gasteiger partial charge < -0.3 is 20.5 Å². The van der Waals surface area contributed by atoms with Crippen molar-refractivity contribution in [1.29, 1.82) is 0 Å². The van der Waals surface area contributed by atoms with Crippen LogP contribution in [0.4, 0.5) is 5.69 Å². The zero-order valence-corrected chi connectivity index (χ0v) is 20.5. The molecule has 0 saturated carbocycles. The van der Waals surface area contributed by atoms with Gasteiger partial charge in [-0.3, -0.25) is 14.4 Å². The Hall–Kier alpha value is -3.18. The van der Waals surface area contributed by atoms with Gasteiger partial charge in [0, 0.05) is 56.6 Å². The van der Waals surface area contributed by atoms with E-state index in [0.29, 0.717) is 37.2 Å². The van der Waals surface area contributed by atoms with Crippen LogP contribution in [0.15, 0.2) is 41.4 Å². The molecular weight excluding hydrogens is 458 g/mol. The monoisotopic (exact) mass is 489 g/mol. The molecule has 0 atom stereocenters. The normalized spacial score (nSPS) is 15.1. The van der Waals surface area contributed by atoms with Crippen LogP contribution in [0.3, 0.4) is 0 Å². The summed E-state index contributed by atoms with van der Waals surface area (Å²) in [6.45, 7) is 5.48. The average Bonchev–Trinajstić information content (AvgIpc) is 3.23. The van der Waals surface area contributed by atoms with E-state index in [0.717, 1.165) is 0 Å². The number of nitrogens with zero attached hydrogens (tertiary/aromatic N) is 3. The SMILES string of the molecule is CCN(CC)C(=O)c1ccc(NC(=O)C2CCN(S(=O)(=O)c3cc(C(N)=O)n(C)c3)CC2)cc1. The van der Waals surface area contributed by atoms with E-state index in [2.05, 4.69) is 5.32 Å². The highest BCUT2D eigenvalue weighted by atomic mass is 32.2. The standard InChI is InChI=1S/C23H31N5O5S/c1-4-27(5-2)23(31)17-6-8-18(9-7-17)25-22(30)16-10-12-28(13-11-16)34(32,33)19-14-20(21(24)29)26(3)15-19/h6-9,14-16H,4-5,10-13H2,1-3H3,(H2,24,29)(H,25,30). The molecule has 10 nitrogen and oxygen atoms in total. The molecule has 1 aromatic heterocycles. The number of carbonyl (C=O) groups excluding carboxylic acids is 3. The molecule has 1 saturated heterocycles. The summed E-state index contributed by atoms with van der Waals surface area (Å²) in [4.78, 5) is 38.3. The van der Waals surface area contributed by atoms with Crippen molar-refractivity contribution < 1.29 is 22.8 Å². The molecule has 0 radical (unpaired) electrons. The summed E-state index contributed by atoms with van der Waals surface area (Å²) in [6, 6.07) is 8.03. The molecule has 184 valence electrons. The maximum atomic E-state index is 13.0. The molecular formula is C23H31N5O5S. The summed E-state index contributed by atoms with van der Waals surface area (Å²) in [5.74, 6) is -1.28. The number of carbonyl (C=O) groups is 3. The molecule has 1 aromatic carbocycles. The van der Waals surface area contributed by atoms with E-state index < -0.39 is 15.9 Å². The molecule has 2 heterocycles. The van der Waals surface area contributed by atoms with Gasteiger partial charge in [-0.1, -0.05) is 0 Å². The second-order valence-electron chi connectivity index (χ2n) is 8.26.